The molecule has 1 aliphatic heterocycles. The number of rotatable bonds is 5. The van der Waals surface area contributed by atoms with Gasteiger partial charge in [0.1, 0.15) is 0 Å². The Morgan fingerprint density at radius 3 is 2.78 bits per heavy atom. The number of para-hydroxylation sites is 1. The summed E-state index contributed by atoms with van der Waals surface area (Å²) >= 11 is 1.76. The Balaban J connectivity index is 1.51. The number of benzene rings is 1. The zero-order valence-corrected chi connectivity index (χ0v) is 16.6. The molecule has 1 aromatic carbocycles. The van der Waals surface area contributed by atoms with Gasteiger partial charge in [0.15, 0.2) is 0 Å². The molecule has 4 nitrogen and oxygen atoms in total. The van der Waals surface area contributed by atoms with Crippen LogP contribution in [0.2, 0.25) is 0 Å². The van der Waals surface area contributed by atoms with Gasteiger partial charge < -0.3 is 14.2 Å². The summed E-state index contributed by atoms with van der Waals surface area (Å²) in [7, 11) is 0. The lowest BCUT2D eigenvalue weighted by Gasteiger charge is -2.31. The van der Waals surface area contributed by atoms with Gasteiger partial charge in [0.25, 0.3) is 0 Å². The molecule has 0 atom stereocenters. The number of fused-ring (bicyclic) bond motifs is 1. The first-order valence-electron chi connectivity index (χ1n) is 9.76. The summed E-state index contributed by atoms with van der Waals surface area (Å²) in [6, 6.07) is 10.9. The molecule has 3 aromatic rings. The molecule has 0 bridgehead atoms. The molecule has 27 heavy (non-hydrogen) atoms. The number of thiophene rings is 1. The molecule has 0 aliphatic carbocycles. The highest BCUT2D eigenvalue weighted by molar-refractivity contribution is 7.07. The number of aromatic nitrogens is 1. The second-order valence-electron chi connectivity index (χ2n) is 7.14. The summed E-state index contributed by atoms with van der Waals surface area (Å²) in [4.78, 5) is 13.8. The monoisotopic (exact) mass is 382 g/mol. The summed E-state index contributed by atoms with van der Waals surface area (Å²) in [5.74, 6) is 0.503. The smallest absolute Gasteiger partial charge is 0.409 e. The van der Waals surface area contributed by atoms with E-state index in [1.165, 1.54) is 22.0 Å². The van der Waals surface area contributed by atoms with Gasteiger partial charge in [-0.05, 0) is 66.1 Å². The molecule has 1 saturated heterocycles. The van der Waals surface area contributed by atoms with Crippen LogP contribution < -0.4 is 0 Å². The minimum Gasteiger partial charge on any atom is -0.450 e. The van der Waals surface area contributed by atoms with Gasteiger partial charge in [-0.1, -0.05) is 18.2 Å². The fraction of sp³-hybridized carbons (Fsp3) is 0.409. The molecular weight excluding hydrogens is 356 g/mol. The van der Waals surface area contributed by atoms with E-state index in [4.69, 9.17) is 4.74 Å². The first-order chi connectivity index (χ1) is 13.3. The third kappa shape index (κ3) is 3.88. The van der Waals surface area contributed by atoms with Gasteiger partial charge in [0.05, 0.1) is 6.61 Å². The molecule has 0 radical (unpaired) electrons. The third-order valence-electron chi connectivity index (χ3n) is 5.50. The van der Waals surface area contributed by atoms with Crippen molar-refractivity contribution in [2.24, 2.45) is 0 Å². The number of likely N-dealkylation sites (tertiary alicyclic amines) is 1. The van der Waals surface area contributed by atoms with E-state index in [1.54, 1.807) is 11.3 Å². The summed E-state index contributed by atoms with van der Waals surface area (Å²) in [6.45, 7) is 4.85. The Bertz CT molecular complexity index is 892. The molecule has 0 saturated carbocycles. The van der Waals surface area contributed by atoms with Crippen molar-refractivity contribution in [3.8, 4) is 0 Å². The number of ether oxygens (including phenoxy) is 1. The lowest BCUT2D eigenvalue weighted by molar-refractivity contribution is 0.0971. The molecule has 5 heteroatoms. The Kier molecular flexibility index (Phi) is 5.48. The van der Waals surface area contributed by atoms with Crippen LogP contribution in [-0.4, -0.2) is 35.3 Å². The van der Waals surface area contributed by atoms with Crippen LogP contribution in [0, 0.1) is 0 Å². The second kappa shape index (κ2) is 8.17. The van der Waals surface area contributed by atoms with E-state index in [2.05, 4.69) is 51.9 Å². The van der Waals surface area contributed by atoms with E-state index in [9.17, 15) is 4.79 Å². The van der Waals surface area contributed by atoms with Crippen molar-refractivity contribution >= 4 is 28.3 Å². The normalized spacial score (nSPS) is 15.4. The van der Waals surface area contributed by atoms with Crippen LogP contribution in [0.25, 0.3) is 10.9 Å². The largest absolute Gasteiger partial charge is 0.450 e. The number of hydrogen-bond donors (Lipinski definition) is 0. The molecule has 3 heterocycles. The molecule has 142 valence electrons. The highest BCUT2D eigenvalue weighted by atomic mass is 32.1. The fourth-order valence-electron chi connectivity index (χ4n) is 4.06. The number of nitrogens with zero attached hydrogens (tertiary/aromatic N) is 2. The average Bonchev–Trinajstić information content (AvgIpc) is 3.35. The zero-order valence-electron chi connectivity index (χ0n) is 15.8. The number of amides is 1. The van der Waals surface area contributed by atoms with Crippen LogP contribution in [-0.2, 0) is 17.7 Å². The number of carbonyl (C=O) groups excluding carboxylic acids is 1. The van der Waals surface area contributed by atoms with Crippen molar-refractivity contribution < 1.29 is 9.53 Å². The predicted molar refractivity (Wildman–Crippen MR) is 111 cm³/mol. The Morgan fingerprint density at radius 1 is 1.22 bits per heavy atom. The van der Waals surface area contributed by atoms with Gasteiger partial charge in [0.2, 0.25) is 0 Å². The molecule has 1 aliphatic rings. The Hall–Kier alpha value is -2.27. The second-order valence-corrected chi connectivity index (χ2v) is 7.92. The maximum Gasteiger partial charge on any atom is 0.409 e. The van der Waals surface area contributed by atoms with Gasteiger partial charge in [-0.2, -0.15) is 11.3 Å². The van der Waals surface area contributed by atoms with Crippen molar-refractivity contribution in [1.82, 2.24) is 9.47 Å². The zero-order chi connectivity index (χ0) is 18.6. The summed E-state index contributed by atoms with van der Waals surface area (Å²) < 4.78 is 7.55. The first-order valence-corrected chi connectivity index (χ1v) is 10.7. The van der Waals surface area contributed by atoms with Crippen LogP contribution in [0.15, 0.2) is 47.3 Å². The topological polar surface area (TPSA) is 34.5 Å². The molecule has 0 unspecified atom stereocenters. The van der Waals surface area contributed by atoms with E-state index < -0.39 is 0 Å². The van der Waals surface area contributed by atoms with Gasteiger partial charge >= 0.3 is 6.09 Å². The average molecular weight is 383 g/mol. The SMILES string of the molecule is CCOC(=O)N1CCC(c2cn(CCc3ccsc3)c3ccccc23)CC1. The van der Waals surface area contributed by atoms with Crippen molar-refractivity contribution in [1.29, 1.82) is 0 Å². The molecule has 2 aromatic heterocycles. The summed E-state index contributed by atoms with van der Waals surface area (Å²) in [6.07, 6.45) is 5.23. The van der Waals surface area contributed by atoms with E-state index in [1.807, 2.05) is 11.8 Å². The van der Waals surface area contributed by atoms with E-state index in [-0.39, 0.29) is 6.09 Å². The quantitative estimate of drug-likeness (QED) is 0.601. The van der Waals surface area contributed by atoms with Gasteiger partial charge in [-0.25, -0.2) is 4.79 Å². The number of aryl methyl sites for hydroxylation is 2. The van der Waals surface area contributed by atoms with Crippen LogP contribution in [0.1, 0.15) is 36.8 Å². The highest BCUT2D eigenvalue weighted by Crippen LogP contribution is 2.34. The lowest BCUT2D eigenvalue weighted by atomic mass is 9.89. The van der Waals surface area contributed by atoms with Gasteiger partial charge in [-0.3, -0.25) is 0 Å². The summed E-state index contributed by atoms with van der Waals surface area (Å²) in [5.41, 5.74) is 4.15. The van der Waals surface area contributed by atoms with Crippen LogP contribution >= 0.6 is 11.3 Å². The third-order valence-corrected chi connectivity index (χ3v) is 6.23. The van der Waals surface area contributed by atoms with Crippen molar-refractivity contribution in [3.05, 3.63) is 58.4 Å². The Morgan fingerprint density at radius 2 is 2.04 bits per heavy atom. The molecule has 1 fully saturated rings. The van der Waals surface area contributed by atoms with E-state index in [0.717, 1.165) is 38.9 Å². The molecule has 1 amide bonds. The number of piperidine rings is 1. The van der Waals surface area contributed by atoms with Crippen LogP contribution in [0.5, 0.6) is 0 Å². The maximum absolute atomic E-state index is 12.0. The van der Waals surface area contributed by atoms with Crippen LogP contribution in [0.4, 0.5) is 4.79 Å². The highest BCUT2D eigenvalue weighted by Gasteiger charge is 2.26. The van der Waals surface area contributed by atoms with Crippen molar-refractivity contribution in [3.63, 3.8) is 0 Å². The minimum atomic E-state index is -0.172. The van der Waals surface area contributed by atoms with Gasteiger partial charge in [0, 0.05) is 36.7 Å². The lowest BCUT2D eigenvalue weighted by Crippen LogP contribution is -2.38. The minimum absolute atomic E-state index is 0.172. The van der Waals surface area contributed by atoms with Crippen LogP contribution in [0.3, 0.4) is 0 Å². The van der Waals surface area contributed by atoms with Gasteiger partial charge in [-0.15, -0.1) is 0 Å². The van der Waals surface area contributed by atoms with E-state index >= 15 is 0 Å². The Labute approximate surface area is 164 Å². The molecular formula is C22H26N2O2S. The molecule has 4 rings (SSSR count). The summed E-state index contributed by atoms with van der Waals surface area (Å²) in [5, 5.41) is 5.74. The van der Waals surface area contributed by atoms with Crippen molar-refractivity contribution in [2.75, 3.05) is 19.7 Å². The predicted octanol–water partition coefficient (Wildman–Crippen LogP) is 5.28. The molecule has 0 N–H and O–H groups in total. The standard InChI is InChI=1S/C22H26N2O2S/c1-2-26-22(25)23-12-8-18(9-13-23)20-15-24(11-7-17-10-14-27-16-17)21-6-4-3-5-19(20)21/h3-6,10,14-16,18H,2,7-9,11-13H2,1H3. The molecule has 0 spiro atoms. The fourth-order valence-corrected chi connectivity index (χ4v) is 4.76. The number of hydrogen-bond acceptors (Lipinski definition) is 3. The van der Waals surface area contributed by atoms with Crippen molar-refractivity contribution in [2.45, 2.75) is 38.6 Å². The maximum atomic E-state index is 12.0. The van der Waals surface area contributed by atoms with E-state index in [0.29, 0.717) is 12.5 Å². The first kappa shape index (κ1) is 18.1. The number of carbonyl (C=O) groups is 1.